The lowest BCUT2D eigenvalue weighted by atomic mass is 9.78. The summed E-state index contributed by atoms with van der Waals surface area (Å²) >= 11 is 0. The van der Waals surface area contributed by atoms with E-state index < -0.39 is 5.54 Å². The van der Waals surface area contributed by atoms with Crippen molar-refractivity contribution < 1.29 is 4.74 Å². The Hall–Kier alpha value is -6.06. The minimum atomic E-state index is -0.685. The first-order valence-electron chi connectivity index (χ1n) is 15.8. The first-order valence-corrected chi connectivity index (χ1v) is 15.8. The minimum absolute atomic E-state index is 0.685. The number of hydrogen-bond acceptors (Lipinski definition) is 2. The highest BCUT2D eigenvalue weighted by molar-refractivity contribution is 6.09. The summed E-state index contributed by atoms with van der Waals surface area (Å²) in [6.45, 7) is 0. The second-order valence-corrected chi connectivity index (χ2v) is 12.1. The van der Waals surface area contributed by atoms with Gasteiger partial charge in [-0.25, -0.2) is 0 Å². The Morgan fingerprint density at radius 1 is 0.413 bits per heavy atom. The summed E-state index contributed by atoms with van der Waals surface area (Å²) in [6, 6.07) is 61.1. The van der Waals surface area contributed by atoms with E-state index in [2.05, 4.69) is 179 Å². The SMILES string of the molecule is c1cc(N2c3ccccc3Oc3ccccc3C23c2ccccc2-c2ccccc23)cc(-n2c3ccccc3c3ccccc32)c1. The van der Waals surface area contributed by atoms with Gasteiger partial charge in [0, 0.05) is 27.7 Å². The van der Waals surface area contributed by atoms with E-state index in [1.54, 1.807) is 0 Å². The first kappa shape index (κ1) is 25.3. The standard InChI is InChI=1S/C43H28N2O/c1-5-20-35-31(16-1)32-17-2-6-21-36(32)43(35)37-22-7-11-26-41(37)46-42-27-12-10-25-40(42)45(43)30-15-13-14-29(28-30)44-38-23-8-3-18-33(38)34-19-4-9-24-39(34)44/h1-28H. The lowest BCUT2D eigenvalue weighted by molar-refractivity contribution is 0.480. The Morgan fingerprint density at radius 2 is 0.935 bits per heavy atom. The van der Waals surface area contributed by atoms with Gasteiger partial charge in [-0.1, -0.05) is 121 Å². The third kappa shape index (κ3) is 3.26. The second-order valence-electron chi connectivity index (χ2n) is 12.1. The Kier molecular flexibility index (Phi) is 5.20. The molecule has 0 atom stereocenters. The van der Waals surface area contributed by atoms with Crippen LogP contribution in [0.15, 0.2) is 170 Å². The molecule has 0 bridgehead atoms. The van der Waals surface area contributed by atoms with E-state index in [0.717, 1.165) is 34.1 Å². The maximum Gasteiger partial charge on any atom is 0.151 e. The molecule has 1 spiro atoms. The van der Waals surface area contributed by atoms with Crippen molar-refractivity contribution in [2.75, 3.05) is 4.90 Å². The van der Waals surface area contributed by atoms with Gasteiger partial charge < -0.3 is 14.2 Å². The molecule has 0 fully saturated rings. The minimum Gasteiger partial charge on any atom is -0.455 e. The molecule has 46 heavy (non-hydrogen) atoms. The van der Waals surface area contributed by atoms with Gasteiger partial charge in [0.2, 0.25) is 0 Å². The maximum absolute atomic E-state index is 6.84. The number of benzene rings is 7. The van der Waals surface area contributed by atoms with Crippen molar-refractivity contribution in [3.05, 3.63) is 187 Å². The Balaban J connectivity index is 1.34. The van der Waals surface area contributed by atoms with Crippen LogP contribution in [0.5, 0.6) is 11.5 Å². The average molecular weight is 589 g/mol. The smallest absolute Gasteiger partial charge is 0.151 e. The summed E-state index contributed by atoms with van der Waals surface area (Å²) in [5.74, 6) is 1.69. The lowest BCUT2D eigenvalue weighted by Gasteiger charge is -2.44. The van der Waals surface area contributed by atoms with E-state index in [4.69, 9.17) is 4.74 Å². The Labute approximate surface area is 267 Å². The van der Waals surface area contributed by atoms with Crippen LogP contribution in [0.1, 0.15) is 16.7 Å². The van der Waals surface area contributed by atoms with Crippen LogP contribution >= 0.6 is 0 Å². The predicted octanol–water partition coefficient (Wildman–Crippen LogP) is 11.0. The van der Waals surface area contributed by atoms with E-state index in [9.17, 15) is 0 Å². The van der Waals surface area contributed by atoms with Crippen LogP contribution in [0.4, 0.5) is 11.4 Å². The average Bonchev–Trinajstić information content (AvgIpc) is 3.56. The van der Waals surface area contributed by atoms with Gasteiger partial charge in [-0.05, 0) is 70.8 Å². The number of rotatable bonds is 2. The molecule has 1 aliphatic carbocycles. The van der Waals surface area contributed by atoms with Crippen LogP contribution in [-0.2, 0) is 5.54 Å². The summed E-state index contributed by atoms with van der Waals surface area (Å²) in [6.07, 6.45) is 0. The zero-order valence-corrected chi connectivity index (χ0v) is 25.0. The zero-order chi connectivity index (χ0) is 30.2. The van der Waals surface area contributed by atoms with E-state index in [-0.39, 0.29) is 0 Å². The van der Waals surface area contributed by atoms with Gasteiger partial charge in [0.25, 0.3) is 0 Å². The molecule has 8 aromatic rings. The molecule has 1 aromatic heterocycles. The van der Waals surface area contributed by atoms with Gasteiger partial charge in [-0.15, -0.1) is 0 Å². The summed E-state index contributed by atoms with van der Waals surface area (Å²) in [5.41, 5.74) is 11.0. The van der Waals surface area contributed by atoms with Crippen LogP contribution in [0.3, 0.4) is 0 Å². The molecule has 0 amide bonds. The highest BCUT2D eigenvalue weighted by Crippen LogP contribution is 2.62. The van der Waals surface area contributed by atoms with E-state index >= 15 is 0 Å². The van der Waals surface area contributed by atoms with Crippen molar-refractivity contribution in [3.63, 3.8) is 0 Å². The Morgan fingerprint density at radius 3 is 1.63 bits per heavy atom. The topological polar surface area (TPSA) is 17.4 Å². The number of nitrogens with zero attached hydrogens (tertiary/aromatic N) is 2. The molecule has 0 unspecified atom stereocenters. The van der Waals surface area contributed by atoms with Crippen molar-refractivity contribution in [3.8, 4) is 28.3 Å². The fourth-order valence-electron chi connectivity index (χ4n) is 8.05. The summed E-state index contributed by atoms with van der Waals surface area (Å²) in [7, 11) is 0. The second kappa shape index (κ2) is 9.47. The largest absolute Gasteiger partial charge is 0.455 e. The molecule has 10 rings (SSSR count). The van der Waals surface area contributed by atoms with Crippen molar-refractivity contribution in [1.29, 1.82) is 0 Å². The molecule has 0 saturated carbocycles. The lowest BCUT2D eigenvalue weighted by Crippen LogP contribution is -2.43. The van der Waals surface area contributed by atoms with Gasteiger partial charge in [0.1, 0.15) is 11.3 Å². The first-order chi connectivity index (χ1) is 22.8. The molecular weight excluding hydrogens is 560 g/mol. The third-order valence-corrected chi connectivity index (χ3v) is 9.79. The third-order valence-electron chi connectivity index (χ3n) is 9.79. The molecule has 216 valence electrons. The van der Waals surface area contributed by atoms with Crippen LogP contribution in [0.2, 0.25) is 0 Å². The van der Waals surface area contributed by atoms with Crippen LogP contribution < -0.4 is 9.64 Å². The van der Waals surface area contributed by atoms with E-state index in [1.165, 1.54) is 44.1 Å². The maximum atomic E-state index is 6.84. The predicted molar refractivity (Wildman–Crippen MR) is 188 cm³/mol. The number of aromatic nitrogens is 1. The highest BCUT2D eigenvalue weighted by Gasteiger charge is 2.53. The number of ether oxygens (including phenoxy) is 1. The molecule has 0 saturated heterocycles. The molecule has 2 heterocycles. The quantitative estimate of drug-likeness (QED) is 0.200. The van der Waals surface area contributed by atoms with Gasteiger partial charge in [-0.3, -0.25) is 0 Å². The molecule has 1 aliphatic heterocycles. The van der Waals surface area contributed by atoms with E-state index in [1.807, 2.05) is 0 Å². The number of hydrogen-bond donors (Lipinski definition) is 0. The van der Waals surface area contributed by atoms with Gasteiger partial charge in [0.05, 0.1) is 16.7 Å². The zero-order valence-electron chi connectivity index (χ0n) is 25.0. The highest BCUT2D eigenvalue weighted by atomic mass is 16.5. The van der Waals surface area contributed by atoms with Crippen molar-refractivity contribution >= 4 is 33.2 Å². The normalized spacial score (nSPS) is 14.0. The molecule has 3 heteroatoms. The monoisotopic (exact) mass is 588 g/mol. The van der Waals surface area contributed by atoms with E-state index in [0.29, 0.717) is 0 Å². The molecule has 0 N–H and O–H groups in total. The van der Waals surface area contributed by atoms with Crippen LogP contribution in [0, 0.1) is 0 Å². The number of anilines is 2. The molecule has 2 aliphatic rings. The van der Waals surface area contributed by atoms with Gasteiger partial charge >= 0.3 is 0 Å². The molecule has 7 aromatic carbocycles. The van der Waals surface area contributed by atoms with Crippen molar-refractivity contribution in [2.24, 2.45) is 0 Å². The molecule has 0 radical (unpaired) electrons. The Bertz CT molecular complexity index is 2390. The number of para-hydroxylation sites is 5. The van der Waals surface area contributed by atoms with Crippen LogP contribution in [0.25, 0.3) is 38.6 Å². The van der Waals surface area contributed by atoms with Crippen molar-refractivity contribution in [1.82, 2.24) is 4.57 Å². The summed E-state index contributed by atoms with van der Waals surface area (Å²) in [5, 5.41) is 2.50. The molecule has 3 nitrogen and oxygen atoms in total. The summed E-state index contributed by atoms with van der Waals surface area (Å²) in [4.78, 5) is 2.52. The molecular formula is C43H28N2O. The fourth-order valence-corrected chi connectivity index (χ4v) is 8.05. The fraction of sp³-hybridized carbons (Fsp3) is 0.0233. The van der Waals surface area contributed by atoms with Gasteiger partial charge in [0.15, 0.2) is 5.75 Å². The van der Waals surface area contributed by atoms with Crippen LogP contribution in [-0.4, -0.2) is 4.57 Å². The summed E-state index contributed by atoms with van der Waals surface area (Å²) < 4.78 is 9.24. The van der Waals surface area contributed by atoms with Gasteiger partial charge in [-0.2, -0.15) is 0 Å². The number of fused-ring (bicyclic) bond motifs is 11. The van der Waals surface area contributed by atoms with Crippen molar-refractivity contribution in [2.45, 2.75) is 5.54 Å².